The van der Waals surface area contributed by atoms with Gasteiger partial charge in [0, 0.05) is 18.9 Å². The van der Waals surface area contributed by atoms with Crippen LogP contribution in [-0.4, -0.2) is 39.1 Å². The van der Waals surface area contributed by atoms with Crippen molar-refractivity contribution in [2.45, 2.75) is 20.0 Å². The number of likely N-dealkylation sites (N-methyl/N-ethyl adjacent to an activating group) is 1. The van der Waals surface area contributed by atoms with Crippen LogP contribution in [-0.2, 0) is 17.9 Å². The summed E-state index contributed by atoms with van der Waals surface area (Å²) in [4.78, 5) is 16.3. The van der Waals surface area contributed by atoms with Gasteiger partial charge in [0.15, 0.2) is 0 Å². The number of nitrogens with zero attached hydrogens (tertiary/aromatic N) is 3. The quantitative estimate of drug-likeness (QED) is 0.743. The molecule has 0 atom stereocenters. The molecule has 0 radical (unpaired) electrons. The van der Waals surface area contributed by atoms with Gasteiger partial charge in [0.2, 0.25) is 0 Å². The third-order valence-electron chi connectivity index (χ3n) is 1.96. The van der Waals surface area contributed by atoms with Crippen LogP contribution in [0.2, 0.25) is 0 Å². The maximum Gasteiger partial charge on any atom is 0.317 e. The molecule has 5 nitrogen and oxygen atoms in total. The predicted octanol–water partition coefficient (Wildman–Crippen LogP) is 0.419. The minimum atomic E-state index is -0.817. The number of hydrogen-bond acceptors (Lipinski definition) is 3. The normalized spacial score (nSPS) is 10.8. The Morgan fingerprint density at radius 1 is 1.71 bits per heavy atom. The molecule has 1 heterocycles. The van der Waals surface area contributed by atoms with Gasteiger partial charge in [-0.1, -0.05) is 0 Å². The van der Waals surface area contributed by atoms with Gasteiger partial charge in [-0.15, -0.1) is 0 Å². The van der Waals surface area contributed by atoms with Gasteiger partial charge in [-0.25, -0.2) is 4.98 Å². The number of aliphatic carboxylic acids is 1. The first-order chi connectivity index (χ1) is 6.63. The van der Waals surface area contributed by atoms with E-state index in [1.54, 1.807) is 18.1 Å². The standard InChI is InChI=1S/C9H15N3O2/c1-3-12-5-4-10-8(12)6-11(2)7-9(13)14/h4-5H,3,6-7H2,1-2H3,(H,13,14). The summed E-state index contributed by atoms with van der Waals surface area (Å²) < 4.78 is 2.00. The zero-order chi connectivity index (χ0) is 10.6. The molecule has 0 aliphatic heterocycles. The average molecular weight is 197 g/mol. The van der Waals surface area contributed by atoms with Crippen molar-refractivity contribution in [3.63, 3.8) is 0 Å². The predicted molar refractivity (Wildman–Crippen MR) is 51.9 cm³/mol. The highest BCUT2D eigenvalue weighted by atomic mass is 16.4. The lowest BCUT2D eigenvalue weighted by molar-refractivity contribution is -0.138. The number of rotatable bonds is 5. The Labute approximate surface area is 83.0 Å². The molecule has 5 heteroatoms. The molecular weight excluding hydrogens is 182 g/mol. The smallest absolute Gasteiger partial charge is 0.317 e. The Morgan fingerprint density at radius 3 is 3.00 bits per heavy atom. The van der Waals surface area contributed by atoms with Crippen molar-refractivity contribution in [1.29, 1.82) is 0 Å². The van der Waals surface area contributed by atoms with Crippen molar-refractivity contribution in [3.8, 4) is 0 Å². The van der Waals surface area contributed by atoms with E-state index in [-0.39, 0.29) is 6.54 Å². The Bertz CT molecular complexity index is 309. The van der Waals surface area contributed by atoms with E-state index in [0.717, 1.165) is 12.4 Å². The highest BCUT2D eigenvalue weighted by molar-refractivity contribution is 5.68. The third-order valence-corrected chi connectivity index (χ3v) is 1.96. The molecule has 0 amide bonds. The first-order valence-corrected chi connectivity index (χ1v) is 4.53. The molecule has 0 aliphatic rings. The first kappa shape index (κ1) is 10.7. The molecule has 1 N–H and O–H groups in total. The number of carboxylic acids is 1. The minimum Gasteiger partial charge on any atom is -0.480 e. The van der Waals surface area contributed by atoms with Gasteiger partial charge in [0.05, 0.1) is 13.1 Å². The average Bonchev–Trinajstić information content (AvgIpc) is 2.50. The second kappa shape index (κ2) is 4.76. The van der Waals surface area contributed by atoms with Crippen molar-refractivity contribution in [1.82, 2.24) is 14.5 Å². The highest BCUT2D eigenvalue weighted by Gasteiger charge is 2.08. The summed E-state index contributed by atoms with van der Waals surface area (Å²) in [5.41, 5.74) is 0. The zero-order valence-corrected chi connectivity index (χ0v) is 8.47. The van der Waals surface area contributed by atoms with Gasteiger partial charge < -0.3 is 9.67 Å². The lowest BCUT2D eigenvalue weighted by Crippen LogP contribution is -2.26. The van der Waals surface area contributed by atoms with Crippen LogP contribution >= 0.6 is 0 Å². The van der Waals surface area contributed by atoms with Gasteiger partial charge in [0.1, 0.15) is 5.82 Å². The Kier molecular flexibility index (Phi) is 3.64. The number of aromatic nitrogens is 2. The third kappa shape index (κ3) is 2.85. The van der Waals surface area contributed by atoms with Crippen molar-refractivity contribution < 1.29 is 9.90 Å². The molecule has 1 aromatic heterocycles. The zero-order valence-electron chi connectivity index (χ0n) is 8.47. The molecule has 0 aliphatic carbocycles. The molecule has 14 heavy (non-hydrogen) atoms. The number of carbonyl (C=O) groups is 1. The second-order valence-electron chi connectivity index (χ2n) is 3.20. The molecule has 1 rings (SSSR count). The molecule has 0 aromatic carbocycles. The molecule has 0 spiro atoms. The Balaban J connectivity index is 2.55. The lowest BCUT2D eigenvalue weighted by Gasteiger charge is -2.13. The molecule has 78 valence electrons. The first-order valence-electron chi connectivity index (χ1n) is 4.53. The highest BCUT2D eigenvalue weighted by Crippen LogP contribution is 2.00. The fraction of sp³-hybridized carbons (Fsp3) is 0.556. The van der Waals surface area contributed by atoms with Crippen LogP contribution in [0.1, 0.15) is 12.7 Å². The molecule has 0 unspecified atom stereocenters. The van der Waals surface area contributed by atoms with Crippen molar-refractivity contribution >= 4 is 5.97 Å². The fourth-order valence-electron chi connectivity index (χ4n) is 1.31. The summed E-state index contributed by atoms with van der Waals surface area (Å²) >= 11 is 0. The number of aryl methyl sites for hydroxylation is 1. The summed E-state index contributed by atoms with van der Waals surface area (Å²) in [5.74, 6) is 0.0818. The number of carboxylic acid groups (broad SMARTS) is 1. The summed E-state index contributed by atoms with van der Waals surface area (Å²) in [5, 5.41) is 8.57. The van der Waals surface area contributed by atoms with Gasteiger partial charge in [0.25, 0.3) is 0 Å². The minimum absolute atomic E-state index is 0.0383. The van der Waals surface area contributed by atoms with Gasteiger partial charge in [-0.2, -0.15) is 0 Å². The lowest BCUT2D eigenvalue weighted by atomic mass is 10.5. The van der Waals surface area contributed by atoms with E-state index in [1.807, 2.05) is 17.7 Å². The van der Waals surface area contributed by atoms with E-state index < -0.39 is 5.97 Å². The maximum atomic E-state index is 10.4. The van der Waals surface area contributed by atoms with Crippen molar-refractivity contribution in [3.05, 3.63) is 18.2 Å². The monoisotopic (exact) mass is 197 g/mol. The molecule has 0 saturated carbocycles. The molecular formula is C9H15N3O2. The van der Waals surface area contributed by atoms with E-state index in [2.05, 4.69) is 4.98 Å². The van der Waals surface area contributed by atoms with Gasteiger partial charge in [-0.05, 0) is 14.0 Å². The van der Waals surface area contributed by atoms with Crippen LogP contribution < -0.4 is 0 Å². The van der Waals surface area contributed by atoms with Crippen LogP contribution in [0.15, 0.2) is 12.4 Å². The maximum absolute atomic E-state index is 10.4. The summed E-state index contributed by atoms with van der Waals surface area (Å²) in [7, 11) is 1.77. The van der Waals surface area contributed by atoms with Gasteiger partial charge >= 0.3 is 5.97 Å². The van der Waals surface area contributed by atoms with E-state index in [0.29, 0.717) is 6.54 Å². The molecule has 1 aromatic rings. The van der Waals surface area contributed by atoms with E-state index >= 15 is 0 Å². The van der Waals surface area contributed by atoms with Crippen molar-refractivity contribution in [2.24, 2.45) is 0 Å². The Hall–Kier alpha value is -1.36. The van der Waals surface area contributed by atoms with Crippen LogP contribution in [0.3, 0.4) is 0 Å². The summed E-state index contributed by atoms with van der Waals surface area (Å²) in [6.07, 6.45) is 3.62. The molecule has 0 bridgehead atoms. The second-order valence-corrected chi connectivity index (χ2v) is 3.20. The summed E-state index contributed by atoms with van der Waals surface area (Å²) in [6.45, 7) is 3.49. The van der Waals surface area contributed by atoms with E-state index in [1.165, 1.54) is 0 Å². The van der Waals surface area contributed by atoms with Crippen LogP contribution in [0.4, 0.5) is 0 Å². The van der Waals surface area contributed by atoms with Crippen LogP contribution in [0.5, 0.6) is 0 Å². The van der Waals surface area contributed by atoms with Crippen molar-refractivity contribution in [2.75, 3.05) is 13.6 Å². The largest absolute Gasteiger partial charge is 0.480 e. The van der Waals surface area contributed by atoms with E-state index in [4.69, 9.17) is 5.11 Å². The fourth-order valence-corrected chi connectivity index (χ4v) is 1.31. The van der Waals surface area contributed by atoms with Crippen LogP contribution in [0.25, 0.3) is 0 Å². The Morgan fingerprint density at radius 2 is 2.43 bits per heavy atom. The van der Waals surface area contributed by atoms with Gasteiger partial charge in [-0.3, -0.25) is 9.69 Å². The molecule has 0 saturated heterocycles. The van der Waals surface area contributed by atoms with Crippen LogP contribution in [0, 0.1) is 0 Å². The number of imidazole rings is 1. The summed E-state index contributed by atoms with van der Waals surface area (Å²) in [6, 6.07) is 0. The SMILES string of the molecule is CCn1ccnc1CN(C)CC(=O)O. The molecule has 0 fully saturated rings. The number of hydrogen-bond donors (Lipinski definition) is 1. The van der Waals surface area contributed by atoms with E-state index in [9.17, 15) is 4.79 Å². The topological polar surface area (TPSA) is 58.4 Å².